The molecule has 0 aliphatic rings. The fourth-order valence-corrected chi connectivity index (χ4v) is 7.79. The van der Waals surface area contributed by atoms with Crippen LogP contribution in [0.2, 0.25) is 0 Å². The summed E-state index contributed by atoms with van der Waals surface area (Å²) in [5, 5.41) is 21.4. The lowest BCUT2D eigenvalue weighted by Crippen LogP contribution is -2.30. The molecule has 11 heteroatoms. The molecule has 220 valence electrons. The van der Waals surface area contributed by atoms with Crippen molar-refractivity contribution in [3.05, 3.63) is 120 Å². The maximum Gasteiger partial charge on any atom is 0.338 e. The Morgan fingerprint density at radius 1 is 0.667 bits per heavy atom. The third-order valence-electron chi connectivity index (χ3n) is 6.13. The number of hydrogen-bond acceptors (Lipinski definition) is 9. The minimum Gasteiger partial charge on any atom is -0.744 e. The van der Waals surface area contributed by atoms with Crippen molar-refractivity contribution in [3.8, 4) is 0 Å². The molecule has 0 unspecified atom stereocenters. The third-order valence-corrected chi connectivity index (χ3v) is 10.9. The van der Waals surface area contributed by atoms with Gasteiger partial charge >= 0.3 is 11.9 Å². The molecule has 0 aromatic heterocycles. The number of carbonyl (C=O) groups is 2. The predicted molar refractivity (Wildman–Crippen MR) is 160 cm³/mol. The second kappa shape index (κ2) is 15.3. The van der Waals surface area contributed by atoms with Crippen molar-refractivity contribution < 1.29 is 42.2 Å². The van der Waals surface area contributed by atoms with Gasteiger partial charge in [-0.05, 0) is 54.6 Å². The highest BCUT2D eigenvalue weighted by atomic mass is 32.2. The fourth-order valence-electron chi connectivity index (χ4n) is 4.05. The summed E-state index contributed by atoms with van der Waals surface area (Å²) in [5.41, 5.74) is -0.720. The van der Waals surface area contributed by atoms with Gasteiger partial charge in [-0.2, -0.15) is 0 Å². The summed E-state index contributed by atoms with van der Waals surface area (Å²) in [6.07, 6.45) is 0. The zero-order valence-electron chi connectivity index (χ0n) is 22.8. The van der Waals surface area contributed by atoms with E-state index in [1.807, 2.05) is 0 Å². The molecule has 0 amide bonds. The van der Waals surface area contributed by atoms with E-state index in [2.05, 4.69) is 107 Å². The normalized spacial score (nSPS) is 11.1. The maximum atomic E-state index is 11.6. The second-order valence-electron chi connectivity index (χ2n) is 8.93. The van der Waals surface area contributed by atoms with E-state index in [1.165, 1.54) is 15.9 Å². The Bertz CT molecular complexity index is 1430. The number of rotatable bonds is 10. The zero-order valence-corrected chi connectivity index (χ0v) is 24.5. The average Bonchev–Trinajstić information content (AvgIpc) is 3.03. The first kappa shape index (κ1) is 32.6. The smallest absolute Gasteiger partial charge is 0.338 e. The summed E-state index contributed by atoms with van der Waals surface area (Å²) < 4.78 is 42.4. The highest BCUT2D eigenvalue weighted by Gasteiger charge is 2.39. The standard InChI is InChI=1S/C19H18P.C12H14O9S/c1-20(17-11-5-2-6-12-17,18-13-7-3-8-14-18)19-15-9-4-10-16-19;13-1-3-20-11(15)8-5-9(12(16)21-4-2-14)7-10(6-8)22(17,18)19/h2-16H,1H3;5-7,13-14H,1-4H2,(H,17,18,19)/q+1;/p-1. The number of aliphatic hydroxyl groups is 2. The van der Waals surface area contributed by atoms with E-state index >= 15 is 0 Å². The molecule has 4 aromatic rings. The van der Waals surface area contributed by atoms with Gasteiger partial charge in [0.1, 0.15) is 46.5 Å². The molecule has 2 N–H and O–H groups in total. The number of benzene rings is 4. The molecule has 4 rings (SSSR count). The number of hydrogen-bond donors (Lipinski definition) is 2. The zero-order chi connectivity index (χ0) is 30.6. The number of aliphatic hydroxyl groups excluding tert-OH is 2. The van der Waals surface area contributed by atoms with Crippen LogP contribution in [-0.2, 0) is 19.6 Å². The molecule has 0 spiro atoms. The summed E-state index contributed by atoms with van der Waals surface area (Å²) in [4.78, 5) is 22.5. The fraction of sp³-hybridized carbons (Fsp3) is 0.161. The number of carbonyl (C=O) groups excluding carboxylic acids is 2. The van der Waals surface area contributed by atoms with E-state index in [9.17, 15) is 22.6 Å². The molecule has 42 heavy (non-hydrogen) atoms. The highest BCUT2D eigenvalue weighted by molar-refractivity contribution is 7.95. The molecule has 0 fully saturated rings. The van der Waals surface area contributed by atoms with Crippen molar-refractivity contribution >= 4 is 45.2 Å². The van der Waals surface area contributed by atoms with Gasteiger partial charge in [-0.3, -0.25) is 0 Å². The van der Waals surface area contributed by atoms with Gasteiger partial charge in [0.25, 0.3) is 0 Å². The van der Waals surface area contributed by atoms with E-state index in [-0.39, 0.29) is 24.3 Å². The van der Waals surface area contributed by atoms with Gasteiger partial charge in [0.2, 0.25) is 0 Å². The Morgan fingerprint density at radius 3 is 1.29 bits per heavy atom. The van der Waals surface area contributed by atoms with Crippen molar-refractivity contribution in [1.82, 2.24) is 0 Å². The Kier molecular flexibility index (Phi) is 11.9. The third kappa shape index (κ3) is 8.55. The van der Waals surface area contributed by atoms with Gasteiger partial charge in [-0.15, -0.1) is 0 Å². The van der Waals surface area contributed by atoms with Crippen LogP contribution in [0.3, 0.4) is 0 Å². The summed E-state index contributed by atoms with van der Waals surface area (Å²) in [5.74, 6) is -2.04. The monoisotopic (exact) mass is 610 g/mol. The lowest BCUT2D eigenvalue weighted by molar-refractivity contribution is 0.0429. The second-order valence-corrected chi connectivity index (χ2v) is 13.9. The summed E-state index contributed by atoms with van der Waals surface area (Å²) >= 11 is 0. The van der Waals surface area contributed by atoms with Crippen LogP contribution in [0.25, 0.3) is 0 Å². The molecular formula is C31H31O9PS. The first-order valence-electron chi connectivity index (χ1n) is 12.8. The molecule has 9 nitrogen and oxygen atoms in total. The lowest BCUT2D eigenvalue weighted by Gasteiger charge is -2.22. The molecule has 0 saturated carbocycles. The molecule has 0 saturated heterocycles. The average molecular weight is 611 g/mol. The lowest BCUT2D eigenvalue weighted by atomic mass is 10.1. The van der Waals surface area contributed by atoms with Gasteiger partial charge < -0.3 is 24.2 Å². The molecule has 0 heterocycles. The predicted octanol–water partition coefficient (Wildman–Crippen LogP) is 2.50. The quantitative estimate of drug-likeness (QED) is 0.157. The Balaban J connectivity index is 0.000000231. The van der Waals surface area contributed by atoms with Crippen molar-refractivity contribution in [3.63, 3.8) is 0 Å². The molecule has 0 bridgehead atoms. The van der Waals surface area contributed by atoms with Crippen molar-refractivity contribution in [2.75, 3.05) is 33.1 Å². The topological polar surface area (TPSA) is 150 Å². The van der Waals surface area contributed by atoms with Crippen LogP contribution in [0.4, 0.5) is 0 Å². The van der Waals surface area contributed by atoms with Crippen molar-refractivity contribution in [2.24, 2.45) is 0 Å². The largest absolute Gasteiger partial charge is 0.744 e. The number of ether oxygens (including phenoxy) is 2. The van der Waals surface area contributed by atoms with E-state index in [4.69, 9.17) is 10.2 Å². The molecule has 0 atom stereocenters. The Labute approximate surface area is 245 Å². The van der Waals surface area contributed by atoms with Crippen LogP contribution in [0.15, 0.2) is 114 Å². The van der Waals surface area contributed by atoms with E-state index in [1.54, 1.807) is 0 Å². The van der Waals surface area contributed by atoms with Crippen molar-refractivity contribution in [1.29, 1.82) is 0 Å². The van der Waals surface area contributed by atoms with Gasteiger partial charge in [0, 0.05) is 0 Å². The molecule has 0 radical (unpaired) electrons. The van der Waals surface area contributed by atoms with Gasteiger partial charge in [0.05, 0.1) is 35.9 Å². The minimum atomic E-state index is -4.92. The van der Waals surface area contributed by atoms with Gasteiger partial charge in [-0.25, -0.2) is 18.0 Å². The summed E-state index contributed by atoms with van der Waals surface area (Å²) in [6.45, 7) is 0.843. The van der Waals surface area contributed by atoms with Crippen LogP contribution in [0.5, 0.6) is 0 Å². The molecule has 0 aliphatic heterocycles. The van der Waals surface area contributed by atoms with Gasteiger partial charge in [0.15, 0.2) is 0 Å². The van der Waals surface area contributed by atoms with Crippen LogP contribution >= 0.6 is 7.26 Å². The Hall–Kier alpha value is -3.92. The van der Waals surface area contributed by atoms with Gasteiger partial charge in [-0.1, -0.05) is 54.6 Å². The number of esters is 2. The van der Waals surface area contributed by atoms with Crippen LogP contribution in [0.1, 0.15) is 20.7 Å². The van der Waals surface area contributed by atoms with Crippen LogP contribution < -0.4 is 15.9 Å². The van der Waals surface area contributed by atoms with E-state index < -0.39 is 47.4 Å². The van der Waals surface area contributed by atoms with E-state index in [0.717, 1.165) is 18.2 Å². The SMILES string of the molecule is C[P+](c1ccccc1)(c1ccccc1)c1ccccc1.O=C(OCCO)c1cc(C(=O)OCCO)cc(S(=O)(=O)[O-])c1. The molecule has 0 aliphatic carbocycles. The summed E-state index contributed by atoms with van der Waals surface area (Å²) in [7, 11) is -6.45. The molecular weight excluding hydrogens is 579 g/mol. The maximum absolute atomic E-state index is 11.6. The summed E-state index contributed by atoms with van der Waals surface area (Å²) in [6, 6.07) is 35.1. The van der Waals surface area contributed by atoms with Crippen LogP contribution in [-0.4, -0.2) is 68.2 Å². The van der Waals surface area contributed by atoms with Crippen LogP contribution in [0, 0.1) is 0 Å². The Morgan fingerprint density at radius 2 is 1.00 bits per heavy atom. The first-order valence-corrected chi connectivity index (χ1v) is 16.5. The minimum absolute atomic E-state index is 0.336. The molecule has 4 aromatic carbocycles. The first-order chi connectivity index (χ1) is 20.1. The van der Waals surface area contributed by atoms with E-state index in [0.29, 0.717) is 0 Å². The van der Waals surface area contributed by atoms with Crippen molar-refractivity contribution in [2.45, 2.75) is 4.90 Å². The highest BCUT2D eigenvalue weighted by Crippen LogP contribution is 2.51.